The molecule has 204 valence electrons. The minimum Gasteiger partial charge on any atom is -0.508 e. The Morgan fingerprint density at radius 3 is 2.32 bits per heavy atom. The molecule has 0 aliphatic carbocycles. The molecule has 0 radical (unpaired) electrons. The molecule has 1 aromatic carbocycles. The van der Waals surface area contributed by atoms with Gasteiger partial charge in [-0.15, -0.1) is 0 Å². The number of carbonyl (C=O) groups is 5. The van der Waals surface area contributed by atoms with E-state index in [4.69, 9.17) is 11.5 Å². The molecule has 5 unspecified atom stereocenters. The van der Waals surface area contributed by atoms with E-state index < -0.39 is 47.9 Å². The van der Waals surface area contributed by atoms with Crippen molar-refractivity contribution in [3.8, 4) is 5.75 Å². The summed E-state index contributed by atoms with van der Waals surface area (Å²) in [4.78, 5) is 63.7. The molecule has 1 aliphatic rings. The minimum atomic E-state index is -1.33. The number of primary amides is 1. The standard InChI is InChI=1S/C25H37N5O7/c1-3-14(2)21(27)24(35)30-12-4-5-19(30)23(34)28-17(10-11-20(26)32)22(33)29-18(25(36)37)13-15-6-8-16(31)9-7-15/h6-9,14,17-19,21,31H,3-5,10-13,27H2,1-2H3,(H2,26,32)(H,28,34)(H,29,33)(H,36,37). The highest BCUT2D eigenvalue weighted by Gasteiger charge is 2.38. The van der Waals surface area contributed by atoms with Crippen LogP contribution in [-0.2, 0) is 30.4 Å². The van der Waals surface area contributed by atoms with Crippen LogP contribution in [0.5, 0.6) is 5.75 Å². The number of benzene rings is 1. The SMILES string of the molecule is CCC(C)C(N)C(=O)N1CCCC1C(=O)NC(CCC(N)=O)C(=O)NC(Cc1ccc(O)cc1)C(=O)O. The molecule has 12 heteroatoms. The zero-order valence-electron chi connectivity index (χ0n) is 21.2. The summed E-state index contributed by atoms with van der Waals surface area (Å²) in [6.07, 6.45) is 1.22. The lowest BCUT2D eigenvalue weighted by molar-refractivity contribution is -0.143. The molecule has 2 rings (SSSR count). The molecule has 0 saturated carbocycles. The van der Waals surface area contributed by atoms with Crippen LogP contribution in [0.2, 0.25) is 0 Å². The quantitative estimate of drug-likeness (QED) is 0.202. The number of aromatic hydroxyl groups is 1. The molecular formula is C25H37N5O7. The predicted molar refractivity (Wildman–Crippen MR) is 134 cm³/mol. The molecule has 1 saturated heterocycles. The van der Waals surface area contributed by atoms with Gasteiger partial charge in [-0.1, -0.05) is 32.4 Å². The first-order valence-corrected chi connectivity index (χ1v) is 12.4. The van der Waals surface area contributed by atoms with E-state index in [0.29, 0.717) is 31.4 Å². The summed E-state index contributed by atoms with van der Waals surface area (Å²) in [6, 6.07) is 1.67. The Balaban J connectivity index is 2.14. The van der Waals surface area contributed by atoms with Crippen LogP contribution >= 0.6 is 0 Å². The van der Waals surface area contributed by atoms with Gasteiger partial charge in [0.15, 0.2) is 0 Å². The number of carbonyl (C=O) groups excluding carboxylic acids is 4. The first-order valence-electron chi connectivity index (χ1n) is 12.4. The molecule has 1 fully saturated rings. The lowest BCUT2D eigenvalue weighted by Crippen LogP contribution is -2.57. The summed E-state index contributed by atoms with van der Waals surface area (Å²) in [5.74, 6) is -3.78. The normalized spacial score (nSPS) is 18.4. The molecule has 37 heavy (non-hydrogen) atoms. The number of carboxylic acids is 1. The van der Waals surface area contributed by atoms with Crippen molar-refractivity contribution < 1.29 is 34.2 Å². The van der Waals surface area contributed by atoms with E-state index in [2.05, 4.69) is 10.6 Å². The number of amides is 4. The van der Waals surface area contributed by atoms with E-state index in [1.807, 2.05) is 13.8 Å². The van der Waals surface area contributed by atoms with Gasteiger partial charge in [0.05, 0.1) is 6.04 Å². The van der Waals surface area contributed by atoms with Crippen LogP contribution in [-0.4, -0.2) is 75.4 Å². The van der Waals surface area contributed by atoms with Crippen LogP contribution in [0, 0.1) is 5.92 Å². The molecule has 8 N–H and O–H groups in total. The number of nitrogens with two attached hydrogens (primary N) is 2. The van der Waals surface area contributed by atoms with Crippen LogP contribution in [0.3, 0.4) is 0 Å². The number of nitrogens with zero attached hydrogens (tertiary/aromatic N) is 1. The largest absolute Gasteiger partial charge is 0.508 e. The number of nitrogens with one attached hydrogen (secondary N) is 2. The molecule has 0 aromatic heterocycles. The maximum absolute atomic E-state index is 13.1. The van der Waals surface area contributed by atoms with Crippen molar-refractivity contribution in [2.45, 2.75) is 76.5 Å². The lowest BCUT2D eigenvalue weighted by atomic mass is 9.98. The second-order valence-corrected chi connectivity index (χ2v) is 9.44. The second-order valence-electron chi connectivity index (χ2n) is 9.44. The fourth-order valence-corrected chi connectivity index (χ4v) is 4.16. The van der Waals surface area contributed by atoms with Gasteiger partial charge in [0.2, 0.25) is 23.6 Å². The van der Waals surface area contributed by atoms with Gasteiger partial charge in [0.25, 0.3) is 0 Å². The van der Waals surface area contributed by atoms with Crippen molar-refractivity contribution in [3.63, 3.8) is 0 Å². The third-order valence-electron chi connectivity index (χ3n) is 6.68. The number of phenols is 1. The zero-order chi connectivity index (χ0) is 27.7. The number of carboxylic acid groups (broad SMARTS) is 1. The fraction of sp³-hybridized carbons (Fsp3) is 0.560. The molecular weight excluding hydrogens is 482 g/mol. The van der Waals surface area contributed by atoms with Gasteiger partial charge < -0.3 is 37.2 Å². The Labute approximate surface area is 215 Å². The van der Waals surface area contributed by atoms with Crippen molar-refractivity contribution in [3.05, 3.63) is 29.8 Å². The van der Waals surface area contributed by atoms with Gasteiger partial charge >= 0.3 is 5.97 Å². The molecule has 1 aromatic rings. The average molecular weight is 520 g/mol. The highest BCUT2D eigenvalue weighted by molar-refractivity contribution is 5.94. The first-order chi connectivity index (χ1) is 17.4. The number of hydrogen-bond donors (Lipinski definition) is 6. The number of aliphatic carboxylic acids is 1. The maximum atomic E-state index is 13.1. The summed E-state index contributed by atoms with van der Waals surface area (Å²) >= 11 is 0. The third kappa shape index (κ3) is 8.45. The van der Waals surface area contributed by atoms with E-state index >= 15 is 0 Å². The molecule has 1 aliphatic heterocycles. The maximum Gasteiger partial charge on any atom is 0.326 e. The van der Waals surface area contributed by atoms with Crippen molar-refractivity contribution >= 4 is 29.6 Å². The van der Waals surface area contributed by atoms with Crippen LogP contribution in [0.15, 0.2) is 24.3 Å². The zero-order valence-corrected chi connectivity index (χ0v) is 21.2. The summed E-state index contributed by atoms with van der Waals surface area (Å²) in [6.45, 7) is 4.13. The predicted octanol–water partition coefficient (Wildman–Crippen LogP) is -0.381. The van der Waals surface area contributed by atoms with Crippen LogP contribution in [0.1, 0.15) is 51.5 Å². The number of likely N-dealkylation sites (tertiary alicyclic amines) is 1. The average Bonchev–Trinajstić information content (AvgIpc) is 3.35. The van der Waals surface area contributed by atoms with Gasteiger partial charge in [-0.3, -0.25) is 19.2 Å². The molecule has 0 spiro atoms. The van der Waals surface area contributed by atoms with Crippen molar-refractivity contribution in [1.82, 2.24) is 15.5 Å². The fourth-order valence-electron chi connectivity index (χ4n) is 4.16. The Bertz CT molecular complexity index is 984. The van der Waals surface area contributed by atoms with Gasteiger partial charge in [0, 0.05) is 19.4 Å². The first kappa shape index (κ1) is 29.6. The highest BCUT2D eigenvalue weighted by atomic mass is 16.4. The monoisotopic (exact) mass is 519 g/mol. The van der Waals surface area contributed by atoms with Crippen molar-refractivity contribution in [1.29, 1.82) is 0 Å². The molecule has 5 atom stereocenters. The van der Waals surface area contributed by atoms with E-state index in [0.717, 1.165) is 0 Å². The van der Waals surface area contributed by atoms with Crippen molar-refractivity contribution in [2.75, 3.05) is 6.54 Å². The van der Waals surface area contributed by atoms with Gasteiger partial charge in [-0.05, 0) is 42.9 Å². The highest BCUT2D eigenvalue weighted by Crippen LogP contribution is 2.21. The Kier molecular flexibility index (Phi) is 10.9. The number of hydrogen-bond acceptors (Lipinski definition) is 7. The smallest absolute Gasteiger partial charge is 0.326 e. The second kappa shape index (κ2) is 13.6. The van der Waals surface area contributed by atoms with Crippen LogP contribution in [0.4, 0.5) is 0 Å². The molecule has 0 bridgehead atoms. The summed E-state index contributed by atoms with van der Waals surface area (Å²) in [5, 5.41) is 24.0. The van der Waals surface area contributed by atoms with Gasteiger partial charge in [0.1, 0.15) is 23.9 Å². The Hall–Kier alpha value is -3.67. The topological polar surface area (TPSA) is 205 Å². The van der Waals surface area contributed by atoms with Gasteiger partial charge in [-0.2, -0.15) is 0 Å². The third-order valence-corrected chi connectivity index (χ3v) is 6.68. The summed E-state index contributed by atoms with van der Waals surface area (Å²) in [7, 11) is 0. The van der Waals surface area contributed by atoms with E-state index in [1.165, 1.54) is 29.2 Å². The number of rotatable bonds is 13. The van der Waals surface area contributed by atoms with E-state index in [9.17, 15) is 34.2 Å². The Morgan fingerprint density at radius 1 is 1.11 bits per heavy atom. The molecule has 4 amide bonds. The molecule has 1 heterocycles. The molecule has 12 nitrogen and oxygen atoms in total. The number of phenolic OH excluding ortho intramolecular Hbond substituents is 1. The van der Waals surface area contributed by atoms with E-state index in [1.54, 1.807) is 0 Å². The van der Waals surface area contributed by atoms with E-state index in [-0.39, 0.29) is 36.8 Å². The lowest BCUT2D eigenvalue weighted by Gasteiger charge is -2.30. The summed E-state index contributed by atoms with van der Waals surface area (Å²) in [5.41, 5.74) is 11.9. The minimum absolute atomic E-state index is 0.0124. The van der Waals surface area contributed by atoms with Crippen LogP contribution < -0.4 is 22.1 Å². The Morgan fingerprint density at radius 2 is 1.76 bits per heavy atom. The van der Waals surface area contributed by atoms with Crippen LogP contribution in [0.25, 0.3) is 0 Å². The van der Waals surface area contributed by atoms with Crippen molar-refractivity contribution in [2.24, 2.45) is 17.4 Å². The summed E-state index contributed by atoms with van der Waals surface area (Å²) < 4.78 is 0. The van der Waals surface area contributed by atoms with Gasteiger partial charge in [-0.25, -0.2) is 4.79 Å².